The first-order chi connectivity index (χ1) is 9.76. The van der Waals surface area contributed by atoms with E-state index in [-0.39, 0.29) is 0 Å². The van der Waals surface area contributed by atoms with Gasteiger partial charge in [0.2, 0.25) is 5.95 Å². The molecule has 3 N–H and O–H groups in total. The van der Waals surface area contributed by atoms with Gasteiger partial charge >= 0.3 is 0 Å². The molecule has 0 fully saturated rings. The third-order valence-corrected chi connectivity index (χ3v) is 3.38. The Labute approximate surface area is 129 Å². The van der Waals surface area contributed by atoms with Crippen molar-refractivity contribution in [3.63, 3.8) is 0 Å². The molecule has 0 bridgehead atoms. The van der Waals surface area contributed by atoms with Crippen LogP contribution < -0.4 is 10.6 Å². The maximum absolute atomic E-state index is 4.48. The number of anilines is 3. The van der Waals surface area contributed by atoms with Crippen molar-refractivity contribution in [3.05, 3.63) is 34.2 Å². The minimum absolute atomic E-state index is 0.570. The van der Waals surface area contributed by atoms with Crippen LogP contribution in [0.5, 0.6) is 0 Å². The molecule has 0 atom stereocenters. The van der Waals surface area contributed by atoms with Crippen molar-refractivity contribution in [3.8, 4) is 0 Å². The van der Waals surface area contributed by atoms with Gasteiger partial charge in [-0.1, -0.05) is 6.07 Å². The Morgan fingerprint density at radius 2 is 2.20 bits per heavy atom. The van der Waals surface area contributed by atoms with Crippen molar-refractivity contribution < 1.29 is 0 Å². The molecule has 2 heterocycles. The number of halogens is 1. The predicted octanol–water partition coefficient (Wildman–Crippen LogP) is 3.13. The van der Waals surface area contributed by atoms with E-state index in [2.05, 4.69) is 59.2 Å². The molecular formula is C13H13IN6. The van der Waals surface area contributed by atoms with Crippen molar-refractivity contribution in [2.45, 2.75) is 6.92 Å². The summed E-state index contributed by atoms with van der Waals surface area (Å²) in [7, 11) is 0. The van der Waals surface area contributed by atoms with E-state index < -0.39 is 0 Å². The largest absolute Gasteiger partial charge is 0.354 e. The SMILES string of the molecule is CCNc1nc(Nc2cccc(I)c2)c2[nH]cnc2n1. The number of hydrogen-bond donors (Lipinski definition) is 3. The highest BCUT2D eigenvalue weighted by molar-refractivity contribution is 14.1. The number of imidazole rings is 1. The predicted molar refractivity (Wildman–Crippen MR) is 88.3 cm³/mol. The summed E-state index contributed by atoms with van der Waals surface area (Å²) in [6, 6.07) is 8.10. The molecule has 102 valence electrons. The fraction of sp³-hybridized carbons (Fsp3) is 0.154. The van der Waals surface area contributed by atoms with Crippen LogP contribution in [-0.2, 0) is 0 Å². The Morgan fingerprint density at radius 3 is 3.00 bits per heavy atom. The van der Waals surface area contributed by atoms with Gasteiger partial charge in [-0.25, -0.2) is 4.98 Å². The highest BCUT2D eigenvalue weighted by atomic mass is 127. The van der Waals surface area contributed by atoms with Crippen molar-refractivity contribution in [1.29, 1.82) is 0 Å². The van der Waals surface area contributed by atoms with Crippen LogP contribution in [0.15, 0.2) is 30.6 Å². The zero-order valence-corrected chi connectivity index (χ0v) is 13.0. The topological polar surface area (TPSA) is 78.5 Å². The third-order valence-electron chi connectivity index (χ3n) is 2.71. The molecule has 0 spiro atoms. The first kappa shape index (κ1) is 13.1. The standard InChI is InChI=1S/C13H13IN6/c1-2-15-13-19-11-10(16-7-17-11)12(20-13)18-9-5-3-4-8(14)6-9/h3-7H,2H2,1H3,(H3,15,16,17,18,19,20). The molecule has 7 heteroatoms. The lowest BCUT2D eigenvalue weighted by atomic mass is 10.3. The number of nitrogens with one attached hydrogen (secondary N) is 3. The molecule has 6 nitrogen and oxygen atoms in total. The highest BCUT2D eigenvalue weighted by Crippen LogP contribution is 2.23. The van der Waals surface area contributed by atoms with Crippen molar-refractivity contribution >= 4 is 51.2 Å². The van der Waals surface area contributed by atoms with Gasteiger partial charge in [0.25, 0.3) is 0 Å². The van der Waals surface area contributed by atoms with E-state index in [9.17, 15) is 0 Å². The fourth-order valence-electron chi connectivity index (χ4n) is 1.86. The molecule has 0 saturated carbocycles. The van der Waals surface area contributed by atoms with Crippen molar-refractivity contribution in [2.75, 3.05) is 17.2 Å². The lowest BCUT2D eigenvalue weighted by Crippen LogP contribution is -2.05. The number of rotatable bonds is 4. The maximum atomic E-state index is 4.48. The minimum Gasteiger partial charge on any atom is -0.354 e. The second-order valence-electron chi connectivity index (χ2n) is 4.16. The number of aromatic nitrogens is 4. The number of nitrogens with zero attached hydrogens (tertiary/aromatic N) is 3. The Bertz CT molecular complexity index is 739. The Balaban J connectivity index is 2.02. The van der Waals surface area contributed by atoms with E-state index >= 15 is 0 Å². The lowest BCUT2D eigenvalue weighted by Gasteiger charge is -2.09. The summed E-state index contributed by atoms with van der Waals surface area (Å²) >= 11 is 2.28. The summed E-state index contributed by atoms with van der Waals surface area (Å²) in [5, 5.41) is 6.41. The summed E-state index contributed by atoms with van der Waals surface area (Å²) in [6.45, 7) is 2.77. The molecule has 0 amide bonds. The quantitative estimate of drug-likeness (QED) is 0.607. The second-order valence-corrected chi connectivity index (χ2v) is 5.41. The highest BCUT2D eigenvalue weighted by Gasteiger charge is 2.09. The van der Waals surface area contributed by atoms with Gasteiger partial charge < -0.3 is 15.6 Å². The number of H-pyrrole nitrogens is 1. The van der Waals surface area contributed by atoms with Crippen LogP contribution in [0.4, 0.5) is 17.5 Å². The zero-order chi connectivity index (χ0) is 13.9. The smallest absolute Gasteiger partial charge is 0.226 e. The van der Waals surface area contributed by atoms with E-state index in [0.29, 0.717) is 17.4 Å². The number of aromatic amines is 1. The second kappa shape index (κ2) is 5.61. The molecule has 0 aliphatic rings. The molecule has 2 aromatic heterocycles. The number of benzene rings is 1. The summed E-state index contributed by atoms with van der Waals surface area (Å²) in [6.07, 6.45) is 1.62. The van der Waals surface area contributed by atoms with Gasteiger partial charge in [0, 0.05) is 15.8 Å². The van der Waals surface area contributed by atoms with Crippen LogP contribution in [0.25, 0.3) is 11.2 Å². The van der Waals surface area contributed by atoms with Gasteiger partial charge in [-0.3, -0.25) is 0 Å². The van der Waals surface area contributed by atoms with Crippen molar-refractivity contribution in [1.82, 2.24) is 19.9 Å². The molecule has 0 saturated heterocycles. The minimum atomic E-state index is 0.570. The molecule has 3 aromatic rings. The first-order valence-corrected chi connectivity index (χ1v) is 7.31. The molecule has 0 aliphatic carbocycles. The average molecular weight is 380 g/mol. The van der Waals surface area contributed by atoms with E-state index in [1.54, 1.807) is 6.33 Å². The van der Waals surface area contributed by atoms with Crippen LogP contribution in [0, 0.1) is 3.57 Å². The Kier molecular flexibility index (Phi) is 3.68. The van der Waals surface area contributed by atoms with Crippen LogP contribution >= 0.6 is 22.6 Å². The Morgan fingerprint density at radius 1 is 1.30 bits per heavy atom. The fourth-order valence-corrected chi connectivity index (χ4v) is 2.41. The first-order valence-electron chi connectivity index (χ1n) is 6.24. The molecule has 1 aromatic carbocycles. The van der Waals surface area contributed by atoms with E-state index in [4.69, 9.17) is 0 Å². The van der Waals surface area contributed by atoms with Gasteiger partial charge in [0.15, 0.2) is 11.5 Å². The third kappa shape index (κ3) is 2.67. The molecule has 3 rings (SSSR count). The summed E-state index contributed by atoms with van der Waals surface area (Å²) in [5.41, 5.74) is 2.42. The molecule has 0 aliphatic heterocycles. The monoisotopic (exact) mass is 380 g/mol. The number of fused-ring (bicyclic) bond motifs is 1. The summed E-state index contributed by atoms with van der Waals surface area (Å²) < 4.78 is 1.16. The van der Waals surface area contributed by atoms with Crippen LogP contribution in [-0.4, -0.2) is 26.5 Å². The van der Waals surface area contributed by atoms with Gasteiger partial charge in [-0.15, -0.1) is 0 Å². The maximum Gasteiger partial charge on any atom is 0.226 e. The number of hydrogen-bond acceptors (Lipinski definition) is 5. The lowest BCUT2D eigenvalue weighted by molar-refractivity contribution is 1.10. The van der Waals surface area contributed by atoms with E-state index in [1.165, 1.54) is 0 Å². The van der Waals surface area contributed by atoms with Crippen LogP contribution in [0.3, 0.4) is 0 Å². The molecule has 0 radical (unpaired) electrons. The summed E-state index contributed by atoms with van der Waals surface area (Å²) in [4.78, 5) is 16.1. The Hall–Kier alpha value is -1.90. The molecule has 0 unspecified atom stereocenters. The summed E-state index contributed by atoms with van der Waals surface area (Å²) in [5.74, 6) is 1.28. The van der Waals surface area contributed by atoms with Crippen LogP contribution in [0.1, 0.15) is 6.92 Å². The normalized spacial score (nSPS) is 10.7. The van der Waals surface area contributed by atoms with E-state index in [1.807, 2.05) is 25.1 Å². The van der Waals surface area contributed by atoms with Crippen LogP contribution in [0.2, 0.25) is 0 Å². The average Bonchev–Trinajstić information content (AvgIpc) is 2.87. The van der Waals surface area contributed by atoms with E-state index in [0.717, 1.165) is 21.3 Å². The van der Waals surface area contributed by atoms with Gasteiger partial charge in [0.1, 0.15) is 5.52 Å². The molecule has 20 heavy (non-hydrogen) atoms. The van der Waals surface area contributed by atoms with Gasteiger partial charge in [-0.2, -0.15) is 9.97 Å². The van der Waals surface area contributed by atoms with Gasteiger partial charge in [0.05, 0.1) is 6.33 Å². The molecular weight excluding hydrogens is 367 g/mol. The van der Waals surface area contributed by atoms with Crippen molar-refractivity contribution in [2.24, 2.45) is 0 Å². The van der Waals surface area contributed by atoms with Gasteiger partial charge in [-0.05, 0) is 47.7 Å². The zero-order valence-electron chi connectivity index (χ0n) is 10.8.